The molecular formula is C16H20N2OS. The smallest absolute Gasteiger partial charge is 0.253 e. The lowest BCUT2D eigenvalue weighted by Gasteiger charge is -2.14. The first-order valence-corrected chi connectivity index (χ1v) is 7.40. The number of amides is 1. The maximum absolute atomic E-state index is 12.0. The predicted octanol–water partition coefficient (Wildman–Crippen LogP) is 3.68. The van der Waals surface area contributed by atoms with Crippen LogP contribution < -0.4 is 5.32 Å². The molecule has 2 rings (SSSR count). The Hall–Kier alpha value is -1.81. The quantitative estimate of drug-likeness (QED) is 0.931. The Labute approximate surface area is 124 Å². The summed E-state index contributed by atoms with van der Waals surface area (Å²) in [4.78, 5) is 16.2. The van der Waals surface area contributed by atoms with Gasteiger partial charge in [-0.1, -0.05) is 6.07 Å². The number of carbonyl (C=O) groups excluding carboxylic acids is 1. The van der Waals surface area contributed by atoms with Crippen molar-refractivity contribution in [3.63, 3.8) is 0 Å². The number of thiophene rings is 1. The lowest BCUT2D eigenvalue weighted by molar-refractivity contribution is 0.0827. The van der Waals surface area contributed by atoms with Crippen LogP contribution in [-0.2, 0) is 6.54 Å². The van der Waals surface area contributed by atoms with Crippen molar-refractivity contribution in [2.24, 2.45) is 0 Å². The summed E-state index contributed by atoms with van der Waals surface area (Å²) in [5.41, 5.74) is 2.88. The van der Waals surface area contributed by atoms with Crippen LogP contribution in [0.25, 0.3) is 0 Å². The maximum Gasteiger partial charge on any atom is 0.253 e. The zero-order valence-corrected chi connectivity index (χ0v) is 13.2. The minimum absolute atomic E-state index is 0.0278. The third kappa shape index (κ3) is 3.39. The molecule has 0 bridgehead atoms. The summed E-state index contributed by atoms with van der Waals surface area (Å²) < 4.78 is 0. The van der Waals surface area contributed by atoms with E-state index in [1.807, 2.05) is 25.1 Å². The molecule has 106 valence electrons. The zero-order valence-electron chi connectivity index (χ0n) is 12.4. The van der Waals surface area contributed by atoms with Crippen LogP contribution in [-0.4, -0.2) is 24.9 Å². The molecule has 3 nitrogen and oxygen atoms in total. The van der Waals surface area contributed by atoms with E-state index in [2.05, 4.69) is 24.4 Å². The van der Waals surface area contributed by atoms with E-state index in [0.29, 0.717) is 5.56 Å². The second-order valence-electron chi connectivity index (χ2n) is 5.10. The van der Waals surface area contributed by atoms with Gasteiger partial charge in [-0.05, 0) is 43.7 Å². The second kappa shape index (κ2) is 6.09. The number of carbonyl (C=O) groups is 1. The van der Waals surface area contributed by atoms with E-state index in [1.165, 1.54) is 9.75 Å². The van der Waals surface area contributed by atoms with E-state index in [4.69, 9.17) is 0 Å². The van der Waals surface area contributed by atoms with Gasteiger partial charge in [-0.25, -0.2) is 0 Å². The molecule has 0 fully saturated rings. The Kier molecular flexibility index (Phi) is 4.45. The van der Waals surface area contributed by atoms with E-state index >= 15 is 0 Å². The lowest BCUT2D eigenvalue weighted by atomic mass is 10.1. The zero-order chi connectivity index (χ0) is 14.7. The molecule has 20 heavy (non-hydrogen) atoms. The molecular weight excluding hydrogens is 268 g/mol. The Morgan fingerprint density at radius 1 is 1.20 bits per heavy atom. The number of hydrogen-bond donors (Lipinski definition) is 1. The highest BCUT2D eigenvalue weighted by Crippen LogP contribution is 2.21. The molecule has 0 saturated heterocycles. The van der Waals surface area contributed by atoms with Crippen molar-refractivity contribution in [1.29, 1.82) is 0 Å². The van der Waals surface area contributed by atoms with E-state index in [1.54, 1.807) is 30.3 Å². The van der Waals surface area contributed by atoms with Gasteiger partial charge < -0.3 is 10.2 Å². The molecule has 0 radical (unpaired) electrons. The molecule has 1 N–H and O–H groups in total. The number of rotatable bonds is 4. The fourth-order valence-electron chi connectivity index (χ4n) is 1.97. The molecule has 2 aromatic rings. The Balaban J connectivity index is 2.14. The Morgan fingerprint density at radius 2 is 1.95 bits per heavy atom. The van der Waals surface area contributed by atoms with Gasteiger partial charge >= 0.3 is 0 Å². The molecule has 1 aromatic heterocycles. The van der Waals surface area contributed by atoms with Gasteiger partial charge in [0, 0.05) is 41.6 Å². The molecule has 0 atom stereocenters. The lowest BCUT2D eigenvalue weighted by Crippen LogP contribution is -2.21. The number of hydrogen-bond acceptors (Lipinski definition) is 3. The molecule has 0 saturated carbocycles. The van der Waals surface area contributed by atoms with Crippen LogP contribution >= 0.6 is 11.3 Å². The summed E-state index contributed by atoms with van der Waals surface area (Å²) >= 11 is 1.79. The summed E-state index contributed by atoms with van der Waals surface area (Å²) in [6.45, 7) is 4.95. The van der Waals surface area contributed by atoms with Crippen molar-refractivity contribution in [1.82, 2.24) is 4.90 Å². The molecule has 1 aromatic carbocycles. The second-order valence-corrected chi connectivity index (χ2v) is 6.47. The summed E-state index contributed by atoms with van der Waals surface area (Å²) in [6.07, 6.45) is 0. The topological polar surface area (TPSA) is 32.3 Å². The van der Waals surface area contributed by atoms with E-state index < -0.39 is 0 Å². The summed E-state index contributed by atoms with van der Waals surface area (Å²) in [7, 11) is 3.54. The largest absolute Gasteiger partial charge is 0.380 e. The number of benzene rings is 1. The van der Waals surface area contributed by atoms with Gasteiger partial charge in [0.05, 0.1) is 0 Å². The molecule has 0 aliphatic carbocycles. The van der Waals surface area contributed by atoms with Gasteiger partial charge in [0.15, 0.2) is 0 Å². The predicted molar refractivity (Wildman–Crippen MR) is 85.6 cm³/mol. The minimum atomic E-state index is 0.0278. The first kappa shape index (κ1) is 14.6. The standard InChI is InChI=1S/C16H20N2OS/c1-11-5-7-13(16(19)18(3)4)9-15(11)17-10-14-8-6-12(2)20-14/h5-9,17H,10H2,1-4H3. The number of nitrogens with zero attached hydrogens (tertiary/aromatic N) is 1. The third-order valence-corrected chi connectivity index (χ3v) is 4.14. The minimum Gasteiger partial charge on any atom is -0.380 e. The molecule has 0 spiro atoms. The van der Waals surface area contributed by atoms with Gasteiger partial charge in [-0.3, -0.25) is 4.79 Å². The highest BCUT2D eigenvalue weighted by atomic mass is 32.1. The molecule has 4 heteroatoms. The highest BCUT2D eigenvalue weighted by molar-refractivity contribution is 7.11. The van der Waals surface area contributed by atoms with Crippen molar-refractivity contribution in [2.45, 2.75) is 20.4 Å². The van der Waals surface area contributed by atoms with Crippen LogP contribution in [0, 0.1) is 13.8 Å². The molecule has 0 unspecified atom stereocenters. The first-order chi connectivity index (χ1) is 9.47. The fourth-order valence-corrected chi connectivity index (χ4v) is 2.80. The van der Waals surface area contributed by atoms with Crippen molar-refractivity contribution >= 4 is 22.9 Å². The molecule has 0 aliphatic heterocycles. The third-order valence-electron chi connectivity index (χ3n) is 3.14. The van der Waals surface area contributed by atoms with Crippen molar-refractivity contribution in [3.8, 4) is 0 Å². The first-order valence-electron chi connectivity index (χ1n) is 6.59. The average molecular weight is 288 g/mol. The van der Waals surface area contributed by atoms with Crippen LogP contribution in [0.1, 0.15) is 25.7 Å². The molecule has 1 amide bonds. The van der Waals surface area contributed by atoms with Crippen LogP contribution in [0.4, 0.5) is 5.69 Å². The number of anilines is 1. The van der Waals surface area contributed by atoms with E-state index in [0.717, 1.165) is 17.8 Å². The molecule has 1 heterocycles. The Bertz CT molecular complexity index is 617. The van der Waals surface area contributed by atoms with Crippen molar-refractivity contribution < 1.29 is 4.79 Å². The van der Waals surface area contributed by atoms with E-state index in [-0.39, 0.29) is 5.91 Å². The van der Waals surface area contributed by atoms with Gasteiger partial charge in [0.2, 0.25) is 0 Å². The highest BCUT2D eigenvalue weighted by Gasteiger charge is 2.10. The van der Waals surface area contributed by atoms with Crippen molar-refractivity contribution in [2.75, 3.05) is 19.4 Å². The van der Waals surface area contributed by atoms with Crippen LogP contribution in [0.15, 0.2) is 30.3 Å². The summed E-state index contributed by atoms with van der Waals surface area (Å²) in [5, 5.41) is 3.42. The summed E-state index contributed by atoms with van der Waals surface area (Å²) in [6, 6.07) is 10.0. The van der Waals surface area contributed by atoms with Gasteiger partial charge in [0.1, 0.15) is 0 Å². The van der Waals surface area contributed by atoms with E-state index in [9.17, 15) is 4.79 Å². The van der Waals surface area contributed by atoms with Crippen molar-refractivity contribution in [3.05, 3.63) is 51.2 Å². The van der Waals surface area contributed by atoms with Crippen LogP contribution in [0.2, 0.25) is 0 Å². The summed E-state index contributed by atoms with van der Waals surface area (Å²) in [5.74, 6) is 0.0278. The monoisotopic (exact) mass is 288 g/mol. The average Bonchev–Trinajstić information content (AvgIpc) is 2.82. The Morgan fingerprint density at radius 3 is 2.55 bits per heavy atom. The van der Waals surface area contributed by atoms with Crippen LogP contribution in [0.5, 0.6) is 0 Å². The normalized spacial score (nSPS) is 10.4. The number of aryl methyl sites for hydroxylation is 2. The van der Waals surface area contributed by atoms with Gasteiger partial charge in [-0.2, -0.15) is 0 Å². The molecule has 0 aliphatic rings. The number of nitrogens with one attached hydrogen (secondary N) is 1. The SMILES string of the molecule is Cc1ccc(CNc2cc(C(=O)N(C)C)ccc2C)s1. The van der Waals surface area contributed by atoms with Crippen LogP contribution in [0.3, 0.4) is 0 Å². The van der Waals surface area contributed by atoms with Gasteiger partial charge in [0.25, 0.3) is 5.91 Å². The maximum atomic E-state index is 12.0. The fraction of sp³-hybridized carbons (Fsp3) is 0.312. The van der Waals surface area contributed by atoms with Gasteiger partial charge in [-0.15, -0.1) is 11.3 Å².